The van der Waals surface area contributed by atoms with Crippen LogP contribution in [0.4, 0.5) is 8.78 Å². The van der Waals surface area contributed by atoms with Crippen LogP contribution in [0.5, 0.6) is 11.5 Å². The normalized spacial score (nSPS) is 39.0. The van der Waals surface area contributed by atoms with Crippen molar-refractivity contribution in [1.82, 2.24) is 9.80 Å². The van der Waals surface area contributed by atoms with Crippen molar-refractivity contribution in [3.8, 4) is 17.6 Å². The van der Waals surface area contributed by atoms with Crippen molar-refractivity contribution < 1.29 is 27.8 Å². The predicted molar refractivity (Wildman–Crippen MR) is 99.7 cm³/mol. The molecule has 0 N–H and O–H groups in total. The first-order valence-electron chi connectivity index (χ1n) is 8.77. The Morgan fingerprint density at radius 2 is 1.86 bits per heavy atom. The summed E-state index contributed by atoms with van der Waals surface area (Å²) in [5.41, 5.74) is -0.664. The van der Waals surface area contributed by atoms with Crippen LogP contribution >= 0.6 is 21.6 Å². The monoisotopic (exact) mass is 439 g/mol. The molecular formula is C18H15F2N3O4S2. The van der Waals surface area contributed by atoms with Gasteiger partial charge in [0.1, 0.15) is 0 Å². The molecule has 1 unspecified atom stereocenters. The van der Waals surface area contributed by atoms with E-state index in [-0.39, 0.29) is 29.7 Å². The lowest BCUT2D eigenvalue weighted by Crippen LogP contribution is -2.73. The van der Waals surface area contributed by atoms with Gasteiger partial charge < -0.3 is 19.3 Å². The van der Waals surface area contributed by atoms with Crippen LogP contribution in [-0.4, -0.2) is 44.7 Å². The number of alkyl halides is 2. The minimum atomic E-state index is -3.77. The first-order valence-corrected chi connectivity index (χ1v) is 10.9. The summed E-state index contributed by atoms with van der Waals surface area (Å²) in [7, 11) is 4.19. The summed E-state index contributed by atoms with van der Waals surface area (Å²) in [5, 5.41) is 10.0. The summed E-state index contributed by atoms with van der Waals surface area (Å²) >= 11 is 0. The van der Waals surface area contributed by atoms with Gasteiger partial charge in [-0.15, -0.1) is 8.78 Å². The Morgan fingerprint density at radius 3 is 2.55 bits per heavy atom. The average Bonchev–Trinajstić information content (AvgIpc) is 3.12. The smallest absolute Gasteiger partial charge is 0.395 e. The lowest BCUT2D eigenvalue weighted by Gasteiger charge is -2.57. The number of ether oxygens (including phenoxy) is 2. The number of rotatable bonds is 1. The highest BCUT2D eigenvalue weighted by Gasteiger charge is 2.74. The molecule has 1 aromatic carbocycles. The van der Waals surface area contributed by atoms with Gasteiger partial charge >= 0.3 is 6.29 Å². The second kappa shape index (κ2) is 5.29. The van der Waals surface area contributed by atoms with Crippen LogP contribution in [0.15, 0.2) is 18.2 Å². The Bertz CT molecular complexity index is 1030. The van der Waals surface area contributed by atoms with Gasteiger partial charge in [0.15, 0.2) is 21.2 Å². The largest absolute Gasteiger partial charge is 0.586 e. The first-order chi connectivity index (χ1) is 13.5. The molecule has 29 heavy (non-hydrogen) atoms. The van der Waals surface area contributed by atoms with Crippen molar-refractivity contribution in [1.29, 1.82) is 5.26 Å². The molecule has 0 saturated carbocycles. The summed E-state index contributed by atoms with van der Waals surface area (Å²) in [6.07, 6.45) is -3.64. The molecule has 1 aromatic rings. The summed E-state index contributed by atoms with van der Waals surface area (Å²) in [5.74, 6) is -0.806. The Kier molecular flexibility index (Phi) is 3.43. The summed E-state index contributed by atoms with van der Waals surface area (Å²) in [6, 6.07) is 5.70. The molecule has 2 bridgehead atoms. The van der Waals surface area contributed by atoms with Gasteiger partial charge in [0.2, 0.25) is 0 Å². The molecule has 2 amide bonds. The van der Waals surface area contributed by atoms with Crippen LogP contribution in [0.25, 0.3) is 0 Å². The average molecular weight is 439 g/mol. The topological polar surface area (TPSA) is 82.9 Å². The van der Waals surface area contributed by atoms with Gasteiger partial charge in [0.05, 0.1) is 17.5 Å². The van der Waals surface area contributed by atoms with Gasteiger partial charge in [-0.1, -0.05) is 27.7 Å². The number of carbonyl (C=O) groups is 2. The molecule has 5 aliphatic heterocycles. The highest BCUT2D eigenvalue weighted by Crippen LogP contribution is 2.69. The van der Waals surface area contributed by atoms with Crippen molar-refractivity contribution >= 4 is 33.4 Å². The lowest BCUT2D eigenvalue weighted by molar-refractivity contribution is -0.286. The van der Waals surface area contributed by atoms with Crippen LogP contribution in [0, 0.1) is 16.7 Å². The third-order valence-electron chi connectivity index (χ3n) is 6.09. The van der Waals surface area contributed by atoms with Crippen LogP contribution in [0.1, 0.15) is 31.9 Å². The number of halogens is 2. The zero-order valence-electron chi connectivity index (χ0n) is 15.6. The zero-order chi connectivity index (χ0) is 21.0. The molecule has 11 heteroatoms. The molecular weight excluding hydrogens is 424 g/mol. The van der Waals surface area contributed by atoms with E-state index in [2.05, 4.69) is 15.5 Å². The van der Waals surface area contributed by atoms with Gasteiger partial charge in [-0.05, 0) is 31.5 Å². The molecule has 4 fully saturated rings. The summed E-state index contributed by atoms with van der Waals surface area (Å²) in [4.78, 5) is 27.3. The minimum absolute atomic E-state index is 0.121. The van der Waals surface area contributed by atoms with Gasteiger partial charge in [0.25, 0.3) is 11.8 Å². The quantitative estimate of drug-likeness (QED) is 0.622. The third kappa shape index (κ3) is 2.13. The van der Waals surface area contributed by atoms with Crippen molar-refractivity contribution in [2.24, 2.45) is 5.41 Å². The van der Waals surface area contributed by atoms with Crippen LogP contribution in [0.2, 0.25) is 0 Å². The molecule has 5 heterocycles. The molecule has 152 valence electrons. The number of hydrogen-bond acceptors (Lipinski definition) is 7. The molecule has 7 nitrogen and oxygen atoms in total. The van der Waals surface area contributed by atoms with E-state index >= 15 is 0 Å². The fraction of sp³-hybridized carbons (Fsp3) is 0.500. The molecule has 0 radical (unpaired) electrons. The number of piperazine rings is 1. The lowest BCUT2D eigenvalue weighted by atomic mass is 9.79. The van der Waals surface area contributed by atoms with Crippen molar-refractivity contribution in [2.45, 2.75) is 42.3 Å². The molecule has 4 saturated heterocycles. The second-order valence-electron chi connectivity index (χ2n) is 7.96. The summed E-state index contributed by atoms with van der Waals surface area (Å²) < 4.78 is 35.9. The second-order valence-corrected chi connectivity index (χ2v) is 10.8. The molecule has 1 spiro atoms. The predicted octanol–water partition coefficient (Wildman–Crippen LogP) is 3.09. The molecule has 4 atom stereocenters. The van der Waals surface area contributed by atoms with Gasteiger partial charge in [-0.3, -0.25) is 9.59 Å². The number of nitrogens with zero attached hydrogens (tertiary/aromatic N) is 3. The number of carbonyl (C=O) groups excluding carboxylic acids is 2. The maximum atomic E-state index is 13.5. The maximum Gasteiger partial charge on any atom is 0.586 e. The van der Waals surface area contributed by atoms with E-state index < -0.39 is 27.5 Å². The zero-order valence-corrected chi connectivity index (χ0v) is 17.2. The van der Waals surface area contributed by atoms with Crippen LogP contribution in [0.3, 0.4) is 0 Å². The number of amides is 2. The van der Waals surface area contributed by atoms with Crippen molar-refractivity contribution in [3.05, 3.63) is 23.8 Å². The van der Waals surface area contributed by atoms with E-state index in [1.807, 2.05) is 0 Å². The van der Waals surface area contributed by atoms with Gasteiger partial charge in [-0.2, -0.15) is 5.26 Å². The van der Waals surface area contributed by atoms with E-state index in [1.54, 1.807) is 20.9 Å². The number of hydrogen-bond donors (Lipinski definition) is 0. The third-order valence-corrected chi connectivity index (χ3v) is 9.79. The fourth-order valence-electron chi connectivity index (χ4n) is 4.56. The van der Waals surface area contributed by atoms with E-state index in [4.69, 9.17) is 0 Å². The van der Waals surface area contributed by atoms with Crippen LogP contribution < -0.4 is 9.47 Å². The molecule has 5 aliphatic rings. The van der Waals surface area contributed by atoms with Gasteiger partial charge in [0, 0.05) is 13.5 Å². The van der Waals surface area contributed by atoms with E-state index in [9.17, 15) is 23.6 Å². The SMILES string of the molecule is CN1C(=O)[C@@]23C[C@](C)(C#N)[C@H](c4ccc5c(c4)OC(F)(F)O5)N2C(=O)C1(C)SS3. The van der Waals surface area contributed by atoms with Gasteiger partial charge in [-0.25, -0.2) is 0 Å². The van der Waals surface area contributed by atoms with Crippen LogP contribution in [-0.2, 0) is 9.59 Å². The number of benzene rings is 1. The van der Waals surface area contributed by atoms with E-state index in [0.717, 1.165) is 0 Å². The minimum Gasteiger partial charge on any atom is -0.395 e. The maximum absolute atomic E-state index is 13.5. The standard InChI is InChI=1S/C18H15F2N3O4S2/c1-15(8-21)7-17-14(25)22(3)16(2,28-29-17)13(24)23(17)12(15)9-4-5-10-11(6-9)27-18(19,20)26-10/h4-6,12H,7H2,1-3H3/t12-,15+,16?,17-/m0/s1. The number of fused-ring (bicyclic) bond motifs is 3. The number of likely N-dealkylation sites (N-methyl/N-ethyl adjacent to an activating group) is 1. The molecule has 6 rings (SSSR count). The number of nitriles is 1. The first kappa shape index (κ1) is 18.8. The van der Waals surface area contributed by atoms with Crippen molar-refractivity contribution in [3.63, 3.8) is 0 Å². The Morgan fingerprint density at radius 1 is 1.17 bits per heavy atom. The summed E-state index contributed by atoms with van der Waals surface area (Å²) in [6.45, 7) is 3.36. The fourth-order valence-corrected chi connectivity index (χ4v) is 8.14. The highest BCUT2D eigenvalue weighted by atomic mass is 33.1. The van der Waals surface area contributed by atoms with E-state index in [0.29, 0.717) is 5.56 Å². The van der Waals surface area contributed by atoms with Crippen molar-refractivity contribution in [2.75, 3.05) is 7.05 Å². The molecule has 0 aromatic heterocycles. The Balaban J connectivity index is 1.67. The highest BCUT2D eigenvalue weighted by molar-refractivity contribution is 8.78. The Hall–Kier alpha value is -2.19. The Labute approximate surface area is 172 Å². The van der Waals surface area contributed by atoms with E-state index in [1.165, 1.54) is 49.6 Å². The molecule has 0 aliphatic carbocycles.